The van der Waals surface area contributed by atoms with Crippen molar-refractivity contribution in [1.29, 1.82) is 0 Å². The summed E-state index contributed by atoms with van der Waals surface area (Å²) in [6, 6.07) is 0. The van der Waals surface area contributed by atoms with E-state index in [1.165, 1.54) is 30.1 Å². The van der Waals surface area contributed by atoms with Crippen LogP contribution in [-0.4, -0.2) is 14.4 Å². The van der Waals surface area contributed by atoms with Gasteiger partial charge in [-0.15, -0.1) is 0 Å². The van der Waals surface area contributed by atoms with E-state index in [1.54, 1.807) is 0 Å². The molecule has 92 valence electrons. The summed E-state index contributed by atoms with van der Waals surface area (Å²) in [6.07, 6.45) is 10.7. The van der Waals surface area contributed by atoms with Gasteiger partial charge in [-0.1, -0.05) is 0 Å². The summed E-state index contributed by atoms with van der Waals surface area (Å²) < 4.78 is 1.97. The van der Waals surface area contributed by atoms with Crippen molar-refractivity contribution in [3.05, 3.63) is 12.2 Å². The molecule has 2 aliphatic carbocycles. The number of alkyl halides is 2. The Morgan fingerprint density at radius 3 is 2.94 bits per heavy atom. The molecular weight excluding hydrogens is 309 g/mol. The van der Waals surface area contributed by atoms with Gasteiger partial charge in [0.1, 0.15) is 0 Å². The van der Waals surface area contributed by atoms with E-state index in [-0.39, 0.29) is 0 Å². The number of hydrogen-bond donors (Lipinski definition) is 1. The van der Waals surface area contributed by atoms with E-state index in [4.69, 9.17) is 5.73 Å². The summed E-state index contributed by atoms with van der Waals surface area (Å²) >= 11 is 0.314. The maximum absolute atomic E-state index is 6.16. The summed E-state index contributed by atoms with van der Waals surface area (Å²) in [6.45, 7) is 3.41. The summed E-state index contributed by atoms with van der Waals surface area (Å²) in [7, 11) is 0. The van der Waals surface area contributed by atoms with E-state index < -0.39 is 0 Å². The molecular formula is C14H23IN-. The summed E-state index contributed by atoms with van der Waals surface area (Å²) in [5.41, 5.74) is 6.16. The third-order valence-electron chi connectivity index (χ3n) is 4.96. The molecule has 16 heavy (non-hydrogen) atoms. The fourth-order valence-corrected chi connectivity index (χ4v) is 8.05. The molecule has 0 saturated heterocycles. The van der Waals surface area contributed by atoms with Crippen molar-refractivity contribution in [3.8, 4) is 0 Å². The molecule has 2 N–H and O–H groups in total. The Kier molecular flexibility index (Phi) is 3.07. The summed E-state index contributed by atoms with van der Waals surface area (Å²) in [5, 5.41) is 0. The van der Waals surface area contributed by atoms with E-state index >= 15 is 0 Å². The van der Waals surface area contributed by atoms with Gasteiger partial charge in [0.15, 0.2) is 0 Å². The molecule has 2 heteroatoms. The Morgan fingerprint density at radius 2 is 2.31 bits per heavy atom. The number of hydrogen-bond acceptors (Lipinski definition) is 1. The quantitative estimate of drug-likeness (QED) is 0.409. The predicted octanol–water partition coefficient (Wildman–Crippen LogP) is -0.585. The summed E-state index contributed by atoms with van der Waals surface area (Å²) in [4.78, 5) is 0. The fraction of sp³-hybridized carbons (Fsp3) is 0.857. The van der Waals surface area contributed by atoms with Crippen LogP contribution in [0.25, 0.3) is 0 Å². The first kappa shape index (κ1) is 11.5. The monoisotopic (exact) mass is 332 g/mol. The fourth-order valence-electron chi connectivity index (χ4n) is 4.17. The molecule has 2 saturated carbocycles. The van der Waals surface area contributed by atoms with Crippen LogP contribution in [0.4, 0.5) is 0 Å². The Morgan fingerprint density at radius 1 is 1.44 bits per heavy atom. The van der Waals surface area contributed by atoms with Crippen molar-refractivity contribution in [3.63, 3.8) is 0 Å². The van der Waals surface area contributed by atoms with Gasteiger partial charge >= 0.3 is 110 Å². The molecule has 1 heterocycles. The average molecular weight is 332 g/mol. The van der Waals surface area contributed by atoms with E-state index in [9.17, 15) is 0 Å². The van der Waals surface area contributed by atoms with Crippen molar-refractivity contribution in [1.82, 2.24) is 0 Å². The third kappa shape index (κ3) is 1.67. The zero-order valence-electron chi connectivity index (χ0n) is 10.2. The van der Waals surface area contributed by atoms with Crippen LogP contribution in [-0.2, 0) is 0 Å². The van der Waals surface area contributed by atoms with E-state index in [2.05, 4.69) is 19.1 Å². The normalized spacial score (nSPS) is 51.6. The molecule has 2 fully saturated rings. The van der Waals surface area contributed by atoms with Crippen molar-refractivity contribution in [2.24, 2.45) is 29.4 Å². The molecule has 0 bridgehead atoms. The van der Waals surface area contributed by atoms with E-state index in [0.717, 1.165) is 30.2 Å². The first-order chi connectivity index (χ1) is 7.78. The van der Waals surface area contributed by atoms with Crippen LogP contribution in [0.1, 0.15) is 32.6 Å². The maximum atomic E-state index is 6.16. The molecule has 0 aromatic heterocycles. The van der Waals surface area contributed by atoms with Crippen LogP contribution in [0.3, 0.4) is 0 Å². The SMILES string of the molecule is C[C@@H]1CCC[C@H]2[C@@H]1[C@H]2C1(CN)C=CCC[I-]1. The van der Waals surface area contributed by atoms with Crippen LogP contribution < -0.4 is 26.9 Å². The van der Waals surface area contributed by atoms with Crippen molar-refractivity contribution < 1.29 is 21.2 Å². The van der Waals surface area contributed by atoms with Gasteiger partial charge in [0.25, 0.3) is 0 Å². The Balaban J connectivity index is 1.82. The molecule has 3 aliphatic rings. The average Bonchev–Trinajstić information content (AvgIpc) is 3.06. The Bertz CT molecular complexity index is 301. The van der Waals surface area contributed by atoms with Gasteiger partial charge in [-0.25, -0.2) is 0 Å². The minimum absolute atomic E-state index is 0.314. The van der Waals surface area contributed by atoms with Gasteiger partial charge < -0.3 is 0 Å². The van der Waals surface area contributed by atoms with Gasteiger partial charge in [0, 0.05) is 0 Å². The standard InChI is InChI=1S/C14H23IN/c1-10-5-4-6-11-12(10)13(11)14(9-16)7-2-3-8-15-14/h2,7,10-13H,3-6,8-9,16H2,1H3/q-1/t10-,11+,12-,13+,14?/m1/s1. The predicted molar refractivity (Wildman–Crippen MR) is 63.9 cm³/mol. The van der Waals surface area contributed by atoms with Crippen LogP contribution in [0.5, 0.6) is 0 Å². The van der Waals surface area contributed by atoms with Crippen LogP contribution in [0, 0.1) is 23.7 Å². The molecule has 1 unspecified atom stereocenters. The van der Waals surface area contributed by atoms with Gasteiger partial charge in [-0.2, -0.15) is 0 Å². The topological polar surface area (TPSA) is 26.0 Å². The molecule has 5 atom stereocenters. The minimum atomic E-state index is 0.314. The molecule has 1 aliphatic heterocycles. The number of rotatable bonds is 2. The van der Waals surface area contributed by atoms with Crippen molar-refractivity contribution in [2.75, 3.05) is 11.0 Å². The van der Waals surface area contributed by atoms with E-state index in [0.29, 0.717) is 24.6 Å². The first-order valence-corrected chi connectivity index (χ1v) is 9.37. The zero-order chi connectivity index (χ0) is 11.2. The Labute approximate surface area is 110 Å². The third-order valence-corrected chi connectivity index (χ3v) is 9.07. The second kappa shape index (κ2) is 4.27. The number of halogens is 1. The zero-order valence-corrected chi connectivity index (χ0v) is 12.3. The molecule has 0 aromatic rings. The van der Waals surface area contributed by atoms with Gasteiger partial charge in [0.2, 0.25) is 0 Å². The molecule has 0 aromatic carbocycles. The van der Waals surface area contributed by atoms with Crippen molar-refractivity contribution in [2.45, 2.75) is 36.0 Å². The first-order valence-electron chi connectivity index (χ1n) is 6.76. The van der Waals surface area contributed by atoms with Gasteiger partial charge in [-0.05, 0) is 0 Å². The molecule has 3 rings (SSSR count). The number of fused-ring (bicyclic) bond motifs is 1. The second-order valence-electron chi connectivity index (χ2n) is 5.82. The molecule has 0 spiro atoms. The summed E-state index contributed by atoms with van der Waals surface area (Å²) in [5.74, 6) is 4.06. The van der Waals surface area contributed by atoms with Crippen LogP contribution in [0.15, 0.2) is 12.2 Å². The molecule has 1 nitrogen and oxygen atoms in total. The number of allylic oxidation sites excluding steroid dienone is 1. The Hall–Kier alpha value is 0.430. The van der Waals surface area contributed by atoms with Gasteiger partial charge in [0.05, 0.1) is 0 Å². The van der Waals surface area contributed by atoms with Crippen LogP contribution in [0.2, 0.25) is 0 Å². The second-order valence-corrected chi connectivity index (χ2v) is 9.67. The van der Waals surface area contributed by atoms with Crippen molar-refractivity contribution >= 4 is 0 Å². The van der Waals surface area contributed by atoms with E-state index in [1.807, 2.05) is 0 Å². The number of nitrogens with two attached hydrogens (primary N) is 1. The van der Waals surface area contributed by atoms with Gasteiger partial charge in [-0.3, -0.25) is 0 Å². The van der Waals surface area contributed by atoms with Crippen LogP contribution >= 0.6 is 0 Å². The molecule has 0 radical (unpaired) electrons. The molecule has 0 amide bonds.